The number of nitrogens with one attached hydrogen (secondary N) is 1. The molecule has 0 saturated heterocycles. The van der Waals surface area contributed by atoms with Crippen molar-refractivity contribution in [2.45, 2.75) is 31.9 Å². The quantitative estimate of drug-likeness (QED) is 0.426. The lowest BCUT2D eigenvalue weighted by atomic mass is 9.87. The lowest BCUT2D eigenvalue weighted by molar-refractivity contribution is -0.136. The van der Waals surface area contributed by atoms with E-state index in [1.807, 2.05) is 0 Å². The minimum Gasteiger partial charge on any atom is -0.422 e. The molecule has 31 heavy (non-hydrogen) atoms. The zero-order chi connectivity index (χ0) is 21.3. The first-order valence-electron chi connectivity index (χ1n) is 10.3. The summed E-state index contributed by atoms with van der Waals surface area (Å²) in [4.78, 5) is 18.1. The van der Waals surface area contributed by atoms with Gasteiger partial charge in [-0.3, -0.25) is 0 Å². The van der Waals surface area contributed by atoms with Crippen molar-refractivity contribution in [3.05, 3.63) is 63.6 Å². The first-order valence-corrected chi connectivity index (χ1v) is 10.3. The molecule has 7 heteroatoms. The SMILES string of the molecule is O=c1oc2c3c4c(cc2c(C(F)(F)F)c1-c1ccc2[nH]c#cc2c1)CCCN4CCC3. The third kappa shape index (κ3) is 2.67. The molecule has 0 saturated carbocycles. The maximum absolute atomic E-state index is 14.4. The summed E-state index contributed by atoms with van der Waals surface area (Å²) in [5.74, 6) is 0. The van der Waals surface area contributed by atoms with Crippen LogP contribution in [0.5, 0.6) is 0 Å². The van der Waals surface area contributed by atoms with Gasteiger partial charge in [-0.15, -0.1) is 0 Å². The molecule has 0 fully saturated rings. The number of benzene rings is 2. The number of H-pyrrole nitrogens is 1. The predicted molar refractivity (Wildman–Crippen MR) is 111 cm³/mol. The fourth-order valence-corrected chi connectivity index (χ4v) is 5.15. The maximum atomic E-state index is 14.4. The van der Waals surface area contributed by atoms with Crippen molar-refractivity contribution in [2.75, 3.05) is 18.0 Å². The zero-order valence-electron chi connectivity index (χ0n) is 16.4. The van der Waals surface area contributed by atoms with E-state index in [0.29, 0.717) is 17.3 Å². The largest absolute Gasteiger partial charge is 0.422 e. The number of nitrogens with zero attached hydrogens (tertiary/aromatic N) is 1. The second-order valence-corrected chi connectivity index (χ2v) is 8.21. The van der Waals surface area contributed by atoms with Crippen molar-refractivity contribution in [1.29, 1.82) is 0 Å². The topological polar surface area (TPSA) is 49.2 Å². The number of aromatic amines is 1. The van der Waals surface area contributed by atoms with Crippen LogP contribution in [-0.2, 0) is 19.0 Å². The van der Waals surface area contributed by atoms with Gasteiger partial charge in [-0.25, -0.2) is 4.79 Å². The number of anilines is 1. The van der Waals surface area contributed by atoms with Crippen molar-refractivity contribution in [2.24, 2.45) is 0 Å². The van der Waals surface area contributed by atoms with Gasteiger partial charge in [-0.05, 0) is 61.1 Å². The highest BCUT2D eigenvalue weighted by Crippen LogP contribution is 2.46. The molecule has 1 N–H and O–H groups in total. The first-order chi connectivity index (χ1) is 14.9. The van der Waals surface area contributed by atoms with Crippen LogP contribution in [0.1, 0.15) is 29.5 Å². The van der Waals surface area contributed by atoms with E-state index in [2.05, 4.69) is 22.1 Å². The van der Waals surface area contributed by atoms with Crippen LogP contribution in [0, 0.1) is 12.3 Å². The molecule has 0 bridgehead atoms. The predicted octanol–water partition coefficient (Wildman–Crippen LogP) is 5.26. The van der Waals surface area contributed by atoms with Gasteiger partial charge in [0.2, 0.25) is 0 Å². The van der Waals surface area contributed by atoms with E-state index < -0.39 is 22.9 Å². The van der Waals surface area contributed by atoms with Gasteiger partial charge in [0.05, 0.1) is 22.0 Å². The molecule has 4 nitrogen and oxygen atoms in total. The average Bonchev–Trinajstić information content (AvgIpc) is 3.21. The Kier molecular flexibility index (Phi) is 3.73. The standard InChI is InChI=1S/C24H17F3N2O2/c25-24(26,27)20-17-12-15-3-1-9-29-10-2-4-16(21(15)29)22(17)31-23(30)19(20)14-5-6-18-13(11-14)7-8-28-18/h5-6,11-12,28H,1-4,9-10H2. The Labute approximate surface area is 175 Å². The minimum atomic E-state index is -4.71. The molecule has 0 atom stereocenters. The summed E-state index contributed by atoms with van der Waals surface area (Å²) < 4.78 is 49.0. The molecule has 4 heterocycles. The van der Waals surface area contributed by atoms with Gasteiger partial charge in [-0.2, -0.15) is 13.2 Å². The van der Waals surface area contributed by atoms with Gasteiger partial charge in [0, 0.05) is 35.9 Å². The van der Waals surface area contributed by atoms with Crippen LogP contribution in [0.15, 0.2) is 33.5 Å². The Balaban J connectivity index is 1.73. The van der Waals surface area contributed by atoms with Gasteiger partial charge >= 0.3 is 11.8 Å². The van der Waals surface area contributed by atoms with Crippen molar-refractivity contribution in [1.82, 2.24) is 4.98 Å². The lowest BCUT2D eigenvalue weighted by Crippen LogP contribution is -2.34. The van der Waals surface area contributed by atoms with Crippen LogP contribution in [0.3, 0.4) is 0 Å². The van der Waals surface area contributed by atoms with Gasteiger partial charge in [0.25, 0.3) is 0 Å². The summed E-state index contributed by atoms with van der Waals surface area (Å²) in [5.41, 5.74) is 1.18. The molecule has 2 aliphatic rings. The number of halogens is 3. The summed E-state index contributed by atoms with van der Waals surface area (Å²) in [7, 11) is 0. The monoisotopic (exact) mass is 422 g/mol. The lowest BCUT2D eigenvalue weighted by Gasteiger charge is -2.37. The van der Waals surface area contributed by atoms with E-state index in [-0.39, 0.29) is 16.5 Å². The smallest absolute Gasteiger partial charge is 0.417 e. The van der Waals surface area contributed by atoms with Gasteiger partial charge < -0.3 is 14.3 Å². The van der Waals surface area contributed by atoms with E-state index in [1.54, 1.807) is 12.1 Å². The molecule has 6 rings (SSSR count). The van der Waals surface area contributed by atoms with E-state index >= 15 is 0 Å². The molecule has 2 aromatic heterocycles. The maximum Gasteiger partial charge on any atom is 0.417 e. The molecule has 156 valence electrons. The highest BCUT2D eigenvalue weighted by atomic mass is 19.4. The van der Waals surface area contributed by atoms with Gasteiger partial charge in [0.1, 0.15) is 5.58 Å². The Hall–Kier alpha value is -3.40. The molecule has 0 spiro atoms. The molecular formula is C24H17F3N2O2. The van der Waals surface area contributed by atoms with Gasteiger partial charge in [0.15, 0.2) is 0 Å². The van der Waals surface area contributed by atoms with Crippen molar-refractivity contribution >= 4 is 27.6 Å². The van der Waals surface area contributed by atoms with Crippen molar-refractivity contribution in [3.63, 3.8) is 0 Å². The fourth-order valence-electron chi connectivity index (χ4n) is 5.15. The van der Waals surface area contributed by atoms with E-state index in [1.165, 1.54) is 12.1 Å². The van der Waals surface area contributed by atoms with Crippen LogP contribution in [0.25, 0.3) is 33.0 Å². The van der Waals surface area contributed by atoms with Crippen LogP contribution < -0.4 is 10.5 Å². The van der Waals surface area contributed by atoms with Crippen LogP contribution >= 0.6 is 0 Å². The molecule has 4 aromatic rings. The van der Waals surface area contributed by atoms with E-state index in [9.17, 15) is 18.0 Å². The summed E-state index contributed by atoms with van der Waals surface area (Å²) in [5, 5.41) is 0.533. The number of hydrogen-bond donors (Lipinski definition) is 1. The van der Waals surface area contributed by atoms with Crippen molar-refractivity contribution < 1.29 is 17.6 Å². The van der Waals surface area contributed by atoms with E-state index in [4.69, 9.17) is 4.42 Å². The molecular weight excluding hydrogens is 405 g/mol. The summed E-state index contributed by atoms with van der Waals surface area (Å²) in [6.07, 6.45) is 1.04. The molecule has 2 aromatic carbocycles. The Morgan fingerprint density at radius 2 is 1.90 bits per heavy atom. The second-order valence-electron chi connectivity index (χ2n) is 8.21. The third-order valence-electron chi connectivity index (χ3n) is 6.38. The number of rotatable bonds is 1. The van der Waals surface area contributed by atoms with E-state index in [0.717, 1.165) is 49.2 Å². The van der Waals surface area contributed by atoms with Crippen LogP contribution in [-0.4, -0.2) is 18.1 Å². The summed E-state index contributed by atoms with van der Waals surface area (Å²) in [6, 6.07) is 9.04. The fraction of sp³-hybridized carbons (Fsp3) is 0.292. The molecule has 0 amide bonds. The normalized spacial score (nSPS) is 15.9. The Morgan fingerprint density at radius 1 is 1.10 bits per heavy atom. The summed E-state index contributed by atoms with van der Waals surface area (Å²) in [6.45, 7) is 1.76. The minimum absolute atomic E-state index is 0.0238. The highest BCUT2D eigenvalue weighted by Gasteiger charge is 2.40. The first kappa shape index (κ1) is 18.4. The summed E-state index contributed by atoms with van der Waals surface area (Å²) >= 11 is 0. The van der Waals surface area contributed by atoms with Gasteiger partial charge in [-0.1, -0.05) is 6.07 Å². The number of alkyl halides is 3. The second kappa shape index (κ2) is 6.30. The Bertz CT molecular complexity index is 1410. The zero-order valence-corrected chi connectivity index (χ0v) is 16.4. The Morgan fingerprint density at radius 3 is 2.71 bits per heavy atom. The van der Waals surface area contributed by atoms with Crippen molar-refractivity contribution in [3.8, 4) is 11.1 Å². The number of hydrogen-bond acceptors (Lipinski definition) is 3. The molecule has 2 aliphatic heterocycles. The average molecular weight is 422 g/mol. The number of aromatic nitrogens is 1. The number of fused-ring (bicyclic) bond motifs is 3. The molecule has 0 radical (unpaired) electrons. The number of aryl methyl sites for hydroxylation is 2. The van der Waals surface area contributed by atoms with Crippen LogP contribution in [0.4, 0.5) is 18.9 Å². The molecule has 0 aliphatic carbocycles. The highest BCUT2D eigenvalue weighted by molar-refractivity contribution is 5.95. The molecule has 0 unspecified atom stereocenters. The third-order valence-corrected chi connectivity index (χ3v) is 6.38. The van der Waals surface area contributed by atoms with Crippen LogP contribution in [0.2, 0.25) is 0 Å².